The largest absolute Gasteiger partial charge is 0.416 e. The van der Waals surface area contributed by atoms with E-state index in [2.05, 4.69) is 15.9 Å². The summed E-state index contributed by atoms with van der Waals surface area (Å²) in [4.78, 5) is 0. The smallest absolute Gasteiger partial charge is 0.330 e. The summed E-state index contributed by atoms with van der Waals surface area (Å²) in [6.45, 7) is 0.276. The number of benzene rings is 1. The molecule has 0 aliphatic heterocycles. The van der Waals surface area contributed by atoms with Crippen molar-refractivity contribution in [2.24, 2.45) is 5.73 Å². The van der Waals surface area contributed by atoms with Gasteiger partial charge in [-0.1, -0.05) is 41.3 Å². The Bertz CT molecular complexity index is 450. The predicted molar refractivity (Wildman–Crippen MR) is 73.0 cm³/mol. The van der Waals surface area contributed by atoms with Crippen LogP contribution in [0.5, 0.6) is 0 Å². The maximum absolute atomic E-state index is 13.2. The van der Waals surface area contributed by atoms with Gasteiger partial charge in [-0.05, 0) is 30.5 Å². The third-order valence-electron chi connectivity index (χ3n) is 4.06. The number of alkyl halides is 3. The zero-order chi connectivity index (χ0) is 14.1. The molecule has 0 spiro atoms. The lowest BCUT2D eigenvalue weighted by molar-refractivity contribution is -0.139. The molecule has 0 atom stereocenters. The Morgan fingerprint density at radius 3 is 2.32 bits per heavy atom. The molecule has 1 aliphatic rings. The van der Waals surface area contributed by atoms with Crippen LogP contribution in [0.15, 0.2) is 22.7 Å². The van der Waals surface area contributed by atoms with E-state index in [-0.39, 0.29) is 6.54 Å². The monoisotopic (exact) mass is 335 g/mol. The van der Waals surface area contributed by atoms with Gasteiger partial charge < -0.3 is 5.73 Å². The maximum Gasteiger partial charge on any atom is 0.416 e. The second-order valence-corrected chi connectivity index (χ2v) is 6.15. The first-order valence-corrected chi connectivity index (χ1v) is 7.26. The highest BCUT2D eigenvalue weighted by atomic mass is 79.9. The summed E-state index contributed by atoms with van der Waals surface area (Å²) in [6.07, 6.45) is 0.135. The molecule has 1 aliphatic carbocycles. The Morgan fingerprint density at radius 1 is 1.16 bits per heavy atom. The SMILES string of the molecule is NCC1(c2ccc(Br)cc2C(F)(F)F)CCCCC1. The van der Waals surface area contributed by atoms with E-state index in [4.69, 9.17) is 5.73 Å². The van der Waals surface area contributed by atoms with E-state index < -0.39 is 17.2 Å². The first kappa shape index (κ1) is 14.9. The fourth-order valence-corrected chi connectivity index (χ4v) is 3.39. The van der Waals surface area contributed by atoms with Gasteiger partial charge in [-0.3, -0.25) is 0 Å². The van der Waals surface area contributed by atoms with E-state index in [0.717, 1.165) is 32.1 Å². The van der Waals surface area contributed by atoms with Crippen LogP contribution in [0.1, 0.15) is 43.2 Å². The number of rotatable bonds is 2. The van der Waals surface area contributed by atoms with Gasteiger partial charge in [0, 0.05) is 16.4 Å². The second kappa shape index (κ2) is 5.44. The highest BCUT2D eigenvalue weighted by molar-refractivity contribution is 9.10. The van der Waals surface area contributed by atoms with Gasteiger partial charge >= 0.3 is 6.18 Å². The molecule has 0 radical (unpaired) electrons. The van der Waals surface area contributed by atoms with Gasteiger partial charge in [-0.15, -0.1) is 0 Å². The average molecular weight is 336 g/mol. The van der Waals surface area contributed by atoms with Gasteiger partial charge in [0.05, 0.1) is 5.56 Å². The third kappa shape index (κ3) is 2.97. The Labute approximate surface area is 119 Å². The molecule has 0 amide bonds. The van der Waals surface area contributed by atoms with Gasteiger partial charge in [0.1, 0.15) is 0 Å². The van der Waals surface area contributed by atoms with Crippen molar-refractivity contribution in [3.8, 4) is 0 Å². The van der Waals surface area contributed by atoms with Crippen molar-refractivity contribution in [2.75, 3.05) is 6.54 Å². The molecule has 1 aromatic carbocycles. The summed E-state index contributed by atoms with van der Waals surface area (Å²) in [7, 11) is 0. The molecule has 106 valence electrons. The van der Waals surface area contributed by atoms with Crippen molar-refractivity contribution in [1.82, 2.24) is 0 Å². The third-order valence-corrected chi connectivity index (χ3v) is 4.55. The molecule has 1 fully saturated rings. The molecule has 1 aromatic rings. The van der Waals surface area contributed by atoms with Crippen molar-refractivity contribution in [3.05, 3.63) is 33.8 Å². The second-order valence-electron chi connectivity index (χ2n) is 5.23. The molecule has 0 heterocycles. The topological polar surface area (TPSA) is 26.0 Å². The van der Waals surface area contributed by atoms with Gasteiger partial charge in [-0.2, -0.15) is 13.2 Å². The van der Waals surface area contributed by atoms with Crippen LogP contribution in [-0.4, -0.2) is 6.54 Å². The summed E-state index contributed by atoms with van der Waals surface area (Å²) >= 11 is 3.12. The van der Waals surface area contributed by atoms with Crippen molar-refractivity contribution in [1.29, 1.82) is 0 Å². The molecule has 1 nitrogen and oxygen atoms in total. The zero-order valence-corrected chi connectivity index (χ0v) is 12.1. The summed E-state index contributed by atoms with van der Waals surface area (Å²) in [6, 6.07) is 4.43. The van der Waals surface area contributed by atoms with Crippen LogP contribution in [0.25, 0.3) is 0 Å². The summed E-state index contributed by atoms with van der Waals surface area (Å²) < 4.78 is 40.1. The van der Waals surface area contributed by atoms with Crippen LogP contribution in [0.4, 0.5) is 13.2 Å². The molecular weight excluding hydrogens is 319 g/mol. The average Bonchev–Trinajstić information content (AvgIpc) is 2.38. The van der Waals surface area contributed by atoms with E-state index in [0.29, 0.717) is 10.0 Å². The Balaban J connectivity index is 2.54. The number of halogens is 4. The summed E-state index contributed by atoms with van der Waals surface area (Å²) in [5, 5.41) is 0. The van der Waals surface area contributed by atoms with E-state index in [1.807, 2.05) is 0 Å². The van der Waals surface area contributed by atoms with Crippen molar-refractivity contribution < 1.29 is 13.2 Å². The summed E-state index contributed by atoms with van der Waals surface area (Å²) in [5.74, 6) is 0. The molecule has 5 heteroatoms. The molecule has 0 aromatic heterocycles. The van der Waals surface area contributed by atoms with Crippen LogP contribution < -0.4 is 5.73 Å². The molecule has 19 heavy (non-hydrogen) atoms. The lowest BCUT2D eigenvalue weighted by atomic mass is 9.68. The fourth-order valence-electron chi connectivity index (χ4n) is 3.03. The molecule has 2 N–H and O–H groups in total. The molecular formula is C14H17BrF3N. The Morgan fingerprint density at radius 2 is 1.79 bits per heavy atom. The number of hydrogen-bond acceptors (Lipinski definition) is 1. The van der Waals surface area contributed by atoms with Crippen molar-refractivity contribution in [3.63, 3.8) is 0 Å². The lowest BCUT2D eigenvalue weighted by Gasteiger charge is -2.38. The van der Waals surface area contributed by atoms with Gasteiger partial charge in [-0.25, -0.2) is 0 Å². The minimum atomic E-state index is -4.33. The van der Waals surface area contributed by atoms with Gasteiger partial charge in [0.2, 0.25) is 0 Å². The Kier molecular flexibility index (Phi) is 4.26. The minimum absolute atomic E-state index is 0.276. The quantitative estimate of drug-likeness (QED) is 0.837. The number of nitrogens with two attached hydrogens (primary N) is 1. The van der Waals surface area contributed by atoms with E-state index >= 15 is 0 Å². The highest BCUT2D eigenvalue weighted by Crippen LogP contribution is 2.45. The lowest BCUT2D eigenvalue weighted by Crippen LogP contribution is -2.38. The fraction of sp³-hybridized carbons (Fsp3) is 0.571. The van der Waals surface area contributed by atoms with Gasteiger partial charge in [0.25, 0.3) is 0 Å². The molecule has 0 unspecified atom stereocenters. The molecule has 0 saturated heterocycles. The standard InChI is InChI=1S/C14H17BrF3N/c15-10-4-5-11(12(8-10)14(16,17)18)13(9-19)6-2-1-3-7-13/h4-5,8H,1-3,6-7,9,19H2. The van der Waals surface area contributed by atoms with Crippen LogP contribution in [0.2, 0.25) is 0 Å². The van der Waals surface area contributed by atoms with E-state index in [9.17, 15) is 13.2 Å². The zero-order valence-electron chi connectivity index (χ0n) is 10.6. The van der Waals surface area contributed by atoms with Crippen LogP contribution >= 0.6 is 15.9 Å². The van der Waals surface area contributed by atoms with E-state index in [1.54, 1.807) is 12.1 Å². The Hall–Kier alpha value is -0.550. The normalized spacial score (nSPS) is 19.4. The molecule has 0 bridgehead atoms. The molecule has 2 rings (SSSR count). The van der Waals surface area contributed by atoms with Crippen molar-refractivity contribution in [2.45, 2.75) is 43.7 Å². The first-order chi connectivity index (χ1) is 8.89. The number of hydrogen-bond donors (Lipinski definition) is 1. The minimum Gasteiger partial charge on any atom is -0.330 e. The van der Waals surface area contributed by atoms with Crippen LogP contribution in [0.3, 0.4) is 0 Å². The van der Waals surface area contributed by atoms with E-state index in [1.165, 1.54) is 6.07 Å². The maximum atomic E-state index is 13.2. The first-order valence-electron chi connectivity index (χ1n) is 6.46. The summed E-state index contributed by atoms with van der Waals surface area (Å²) in [5.41, 5.74) is 5.15. The van der Waals surface area contributed by atoms with Crippen LogP contribution in [0, 0.1) is 0 Å². The van der Waals surface area contributed by atoms with Gasteiger partial charge in [0.15, 0.2) is 0 Å². The van der Waals surface area contributed by atoms with Crippen LogP contribution in [-0.2, 0) is 11.6 Å². The highest BCUT2D eigenvalue weighted by Gasteiger charge is 2.41. The predicted octanol–water partition coefficient (Wildman–Crippen LogP) is 4.63. The molecule has 1 saturated carbocycles. The van der Waals surface area contributed by atoms with Crippen molar-refractivity contribution >= 4 is 15.9 Å².